The Morgan fingerprint density at radius 2 is 2.04 bits per heavy atom. The molecule has 0 saturated carbocycles. The van der Waals surface area contributed by atoms with Gasteiger partial charge < -0.3 is 11.1 Å². The van der Waals surface area contributed by atoms with Crippen molar-refractivity contribution in [1.82, 2.24) is 10.2 Å². The zero-order chi connectivity index (χ0) is 18.6. The minimum Gasteiger partial charge on any atom is -0.369 e. The van der Waals surface area contributed by atoms with Gasteiger partial charge in [0.25, 0.3) is 0 Å². The Morgan fingerprint density at radius 1 is 1.32 bits per heavy atom. The second-order valence-corrected chi connectivity index (χ2v) is 6.06. The van der Waals surface area contributed by atoms with E-state index in [1.54, 1.807) is 4.90 Å². The summed E-state index contributed by atoms with van der Waals surface area (Å²) >= 11 is 0. The lowest BCUT2D eigenvalue weighted by molar-refractivity contribution is -0.137. The predicted octanol–water partition coefficient (Wildman–Crippen LogP) is 1.66. The lowest BCUT2D eigenvalue weighted by Crippen LogP contribution is -2.45. The van der Waals surface area contributed by atoms with Gasteiger partial charge in [0.1, 0.15) is 5.82 Å². The molecule has 0 aliphatic carbocycles. The van der Waals surface area contributed by atoms with E-state index in [1.807, 2.05) is 0 Å². The molecule has 0 aromatic heterocycles. The summed E-state index contributed by atoms with van der Waals surface area (Å²) in [7, 11) is 0. The number of likely N-dealkylation sites (tertiary alicyclic amines) is 1. The van der Waals surface area contributed by atoms with Crippen LogP contribution in [0.4, 0.5) is 17.6 Å². The van der Waals surface area contributed by atoms with Crippen LogP contribution in [0.2, 0.25) is 0 Å². The molecule has 138 valence electrons. The number of primary amides is 1. The highest BCUT2D eigenvalue weighted by Gasteiger charge is 2.31. The van der Waals surface area contributed by atoms with Crippen molar-refractivity contribution in [3.8, 4) is 0 Å². The number of amides is 2. The quantitative estimate of drug-likeness (QED) is 0.784. The smallest absolute Gasteiger partial charge is 0.369 e. The molecule has 25 heavy (non-hydrogen) atoms. The van der Waals surface area contributed by atoms with Gasteiger partial charge in [0.15, 0.2) is 0 Å². The van der Waals surface area contributed by atoms with Crippen LogP contribution in [0.5, 0.6) is 0 Å². The second-order valence-electron chi connectivity index (χ2n) is 6.06. The highest BCUT2D eigenvalue weighted by atomic mass is 19.4. The standard InChI is InChI=1S/C16H19F4N3O2/c17-13-4-3-12(16(18,19)20)6-11(13)7-22-15(25)10-2-1-5-23(8-10)9-14(21)24/h3-4,6,10H,1-2,5,7-9H2,(H2,21,24)(H,22,25). The SMILES string of the molecule is NC(=O)CN1CCCC(C(=O)NCc2cc(C(F)(F)F)ccc2F)C1. The largest absolute Gasteiger partial charge is 0.416 e. The highest BCUT2D eigenvalue weighted by Crippen LogP contribution is 2.30. The molecule has 9 heteroatoms. The van der Waals surface area contributed by atoms with Crippen LogP contribution >= 0.6 is 0 Å². The first-order valence-electron chi connectivity index (χ1n) is 7.81. The Balaban J connectivity index is 1.96. The van der Waals surface area contributed by atoms with Crippen LogP contribution in [0, 0.1) is 11.7 Å². The number of benzene rings is 1. The van der Waals surface area contributed by atoms with Crippen molar-refractivity contribution in [1.29, 1.82) is 0 Å². The van der Waals surface area contributed by atoms with E-state index < -0.39 is 29.4 Å². The summed E-state index contributed by atoms with van der Waals surface area (Å²) in [5.41, 5.74) is 3.93. The number of hydrogen-bond donors (Lipinski definition) is 2. The van der Waals surface area contributed by atoms with Crippen LogP contribution in [0.3, 0.4) is 0 Å². The van der Waals surface area contributed by atoms with Crippen molar-refractivity contribution < 1.29 is 27.2 Å². The van der Waals surface area contributed by atoms with E-state index in [-0.39, 0.29) is 24.6 Å². The van der Waals surface area contributed by atoms with Crippen molar-refractivity contribution in [2.75, 3.05) is 19.6 Å². The van der Waals surface area contributed by atoms with Gasteiger partial charge in [-0.25, -0.2) is 4.39 Å². The van der Waals surface area contributed by atoms with Gasteiger partial charge in [-0.3, -0.25) is 14.5 Å². The molecule has 1 aromatic rings. The normalized spacial score (nSPS) is 18.8. The third kappa shape index (κ3) is 5.42. The summed E-state index contributed by atoms with van der Waals surface area (Å²) in [6.45, 7) is 0.696. The summed E-state index contributed by atoms with van der Waals surface area (Å²) in [6.07, 6.45) is -3.29. The van der Waals surface area contributed by atoms with E-state index >= 15 is 0 Å². The van der Waals surface area contributed by atoms with Gasteiger partial charge in [0.2, 0.25) is 11.8 Å². The summed E-state index contributed by atoms with van der Waals surface area (Å²) in [4.78, 5) is 24.9. The third-order valence-corrected chi connectivity index (χ3v) is 4.08. The molecule has 1 atom stereocenters. The Morgan fingerprint density at radius 3 is 2.68 bits per heavy atom. The van der Waals surface area contributed by atoms with E-state index in [0.29, 0.717) is 38.1 Å². The van der Waals surface area contributed by atoms with Gasteiger partial charge in [-0.2, -0.15) is 13.2 Å². The maximum absolute atomic E-state index is 13.7. The lowest BCUT2D eigenvalue weighted by atomic mass is 9.97. The monoisotopic (exact) mass is 361 g/mol. The molecule has 2 rings (SSSR count). The highest BCUT2D eigenvalue weighted by molar-refractivity contribution is 5.79. The maximum atomic E-state index is 13.7. The Bertz CT molecular complexity index is 649. The Labute approximate surface area is 142 Å². The minimum atomic E-state index is -4.58. The van der Waals surface area contributed by atoms with Gasteiger partial charge in [0, 0.05) is 18.7 Å². The van der Waals surface area contributed by atoms with E-state index in [2.05, 4.69) is 5.32 Å². The van der Waals surface area contributed by atoms with E-state index in [9.17, 15) is 27.2 Å². The average Bonchev–Trinajstić information content (AvgIpc) is 2.52. The predicted molar refractivity (Wildman–Crippen MR) is 81.6 cm³/mol. The number of alkyl halides is 3. The van der Waals surface area contributed by atoms with Gasteiger partial charge in [0.05, 0.1) is 18.0 Å². The molecule has 0 radical (unpaired) electrons. The molecule has 0 spiro atoms. The van der Waals surface area contributed by atoms with Crippen LogP contribution in [0.1, 0.15) is 24.0 Å². The van der Waals surface area contributed by atoms with Crippen LogP contribution in [0.25, 0.3) is 0 Å². The van der Waals surface area contributed by atoms with Crippen LogP contribution in [-0.2, 0) is 22.3 Å². The molecule has 1 heterocycles. The van der Waals surface area contributed by atoms with E-state index in [0.717, 1.165) is 6.07 Å². The van der Waals surface area contributed by atoms with E-state index in [4.69, 9.17) is 5.73 Å². The average molecular weight is 361 g/mol. The molecule has 1 unspecified atom stereocenters. The zero-order valence-electron chi connectivity index (χ0n) is 13.4. The molecule has 1 saturated heterocycles. The fourth-order valence-electron chi connectivity index (χ4n) is 2.85. The Hall–Kier alpha value is -2.16. The number of rotatable bonds is 5. The number of piperidine rings is 1. The number of carbonyl (C=O) groups excluding carboxylic acids is 2. The number of carbonyl (C=O) groups is 2. The van der Waals surface area contributed by atoms with E-state index in [1.165, 1.54) is 0 Å². The molecular weight excluding hydrogens is 342 g/mol. The first kappa shape index (κ1) is 19.2. The first-order chi connectivity index (χ1) is 11.7. The molecule has 1 fully saturated rings. The molecule has 1 aromatic carbocycles. The number of nitrogens with zero attached hydrogens (tertiary/aromatic N) is 1. The lowest BCUT2D eigenvalue weighted by Gasteiger charge is -2.31. The molecule has 5 nitrogen and oxygen atoms in total. The van der Waals surface area contributed by atoms with Crippen LogP contribution in [-0.4, -0.2) is 36.3 Å². The van der Waals surface area contributed by atoms with Crippen molar-refractivity contribution in [3.63, 3.8) is 0 Å². The van der Waals surface area contributed by atoms with Crippen molar-refractivity contribution in [2.24, 2.45) is 11.7 Å². The number of hydrogen-bond acceptors (Lipinski definition) is 3. The first-order valence-corrected chi connectivity index (χ1v) is 7.81. The van der Waals surface area contributed by atoms with Crippen molar-refractivity contribution in [2.45, 2.75) is 25.6 Å². The van der Waals surface area contributed by atoms with Crippen LogP contribution in [0.15, 0.2) is 18.2 Å². The Kier molecular flexibility index (Phi) is 5.99. The third-order valence-electron chi connectivity index (χ3n) is 4.08. The molecular formula is C16H19F4N3O2. The van der Waals surface area contributed by atoms with Gasteiger partial charge in [-0.15, -0.1) is 0 Å². The summed E-state index contributed by atoms with van der Waals surface area (Å²) in [5, 5.41) is 2.47. The fraction of sp³-hybridized carbons (Fsp3) is 0.500. The molecule has 1 aliphatic heterocycles. The minimum absolute atomic E-state index is 0.0477. The molecule has 2 amide bonds. The van der Waals surface area contributed by atoms with Gasteiger partial charge in [-0.1, -0.05) is 0 Å². The fourth-order valence-corrected chi connectivity index (χ4v) is 2.85. The number of nitrogens with two attached hydrogens (primary N) is 1. The summed E-state index contributed by atoms with van der Waals surface area (Å²) < 4.78 is 51.7. The molecule has 3 N–H and O–H groups in total. The van der Waals surface area contributed by atoms with Crippen molar-refractivity contribution >= 4 is 11.8 Å². The zero-order valence-corrected chi connectivity index (χ0v) is 13.4. The maximum Gasteiger partial charge on any atom is 0.416 e. The topological polar surface area (TPSA) is 75.4 Å². The molecule has 0 bridgehead atoms. The number of nitrogens with one attached hydrogen (secondary N) is 1. The summed E-state index contributed by atoms with van der Waals surface area (Å²) in [5.74, 6) is -2.10. The summed E-state index contributed by atoms with van der Waals surface area (Å²) in [6, 6.07) is 2.08. The second kappa shape index (κ2) is 7.81. The van der Waals surface area contributed by atoms with Gasteiger partial charge in [-0.05, 0) is 37.6 Å². The van der Waals surface area contributed by atoms with Gasteiger partial charge >= 0.3 is 6.18 Å². The number of halogens is 4. The van der Waals surface area contributed by atoms with Crippen LogP contribution < -0.4 is 11.1 Å². The van der Waals surface area contributed by atoms with Crippen molar-refractivity contribution in [3.05, 3.63) is 35.1 Å². The molecule has 1 aliphatic rings.